The van der Waals surface area contributed by atoms with Crippen molar-refractivity contribution in [1.82, 2.24) is 10.4 Å². The number of nitrogens with zero attached hydrogens (tertiary/aromatic N) is 1. The third kappa shape index (κ3) is 24.6. The van der Waals surface area contributed by atoms with E-state index in [1.807, 2.05) is 19.1 Å². The van der Waals surface area contributed by atoms with Crippen LogP contribution in [0.15, 0.2) is 0 Å². The lowest BCUT2D eigenvalue weighted by Crippen LogP contribution is -2.35. The van der Waals surface area contributed by atoms with Crippen LogP contribution in [0.5, 0.6) is 0 Å². The first kappa shape index (κ1) is 12.6. The highest BCUT2D eigenvalue weighted by Crippen LogP contribution is 1.83. The van der Waals surface area contributed by atoms with Crippen molar-refractivity contribution in [2.24, 2.45) is 0 Å². The van der Waals surface area contributed by atoms with Gasteiger partial charge in [0.05, 0.1) is 4.20 Å². The highest BCUT2D eigenvalue weighted by Gasteiger charge is 1.89. The van der Waals surface area contributed by atoms with Gasteiger partial charge in [-0.3, -0.25) is 10.4 Å². The molecule has 1 N–H and O–H groups in total. The molecule has 5 heteroatoms. The molecule has 0 radical (unpaired) electrons. The molecule has 0 rings (SSSR count). The average molecular weight is 169 g/mol. The lowest BCUT2D eigenvalue weighted by molar-refractivity contribution is 0.259. The van der Waals surface area contributed by atoms with Crippen LogP contribution in [0.1, 0.15) is 13.8 Å². The van der Waals surface area contributed by atoms with Crippen LogP contribution in [0.3, 0.4) is 0 Å². The summed E-state index contributed by atoms with van der Waals surface area (Å²) >= 11 is 0. The van der Waals surface area contributed by atoms with Gasteiger partial charge in [-0.1, -0.05) is 0 Å². The van der Waals surface area contributed by atoms with E-state index in [1.54, 1.807) is 0 Å². The van der Waals surface area contributed by atoms with Crippen molar-refractivity contribution in [3.05, 3.63) is 0 Å². The van der Waals surface area contributed by atoms with Gasteiger partial charge in [0.2, 0.25) is 0 Å². The molecular weight excluding hydrogens is 154 g/mol. The van der Waals surface area contributed by atoms with Crippen molar-refractivity contribution in [3.63, 3.8) is 0 Å². The van der Waals surface area contributed by atoms with Gasteiger partial charge >= 0.3 is 8.77 Å². The minimum atomic E-state index is -1.67. The maximum absolute atomic E-state index is 9.76. The minimum Gasteiger partial charge on any atom is -0.253 e. The Labute approximate surface area is 62.9 Å². The zero-order chi connectivity index (χ0) is 8.57. The van der Waals surface area contributed by atoms with Crippen molar-refractivity contribution in [3.8, 4) is 0 Å². The Kier molecular flexibility index (Phi) is 11.3. The van der Waals surface area contributed by atoms with E-state index in [0.717, 1.165) is 0 Å². The van der Waals surface area contributed by atoms with E-state index in [2.05, 4.69) is 19.3 Å². The smallest absolute Gasteiger partial charge is 0.253 e. The zero-order valence-corrected chi connectivity index (χ0v) is 7.81. The Morgan fingerprint density at radius 2 is 1.80 bits per heavy atom. The maximum Gasteiger partial charge on any atom is 0.545 e. The molecule has 0 aliphatic rings. The van der Waals surface area contributed by atoms with Gasteiger partial charge in [0.15, 0.2) is 0 Å². The van der Waals surface area contributed by atoms with Crippen LogP contribution >= 0.6 is 8.77 Å². The first-order valence-electron chi connectivity index (χ1n) is 2.95. The van der Waals surface area contributed by atoms with E-state index in [1.165, 1.54) is 0 Å². The fraction of sp³-hybridized carbons (Fsp3) is 1.00. The van der Waals surface area contributed by atoms with Crippen LogP contribution in [0, 0.1) is 0 Å². The molecule has 1 atom stereocenters. The molecule has 0 aromatic rings. The monoisotopic (exact) mass is 169 g/mol. The molecule has 0 heterocycles. The quantitative estimate of drug-likeness (QED) is 0.500. The Morgan fingerprint density at radius 3 is 1.80 bits per heavy atom. The molecule has 0 aliphatic heterocycles. The maximum atomic E-state index is 9.76. The van der Waals surface area contributed by atoms with Crippen molar-refractivity contribution in [1.29, 1.82) is 0 Å². The van der Waals surface area contributed by atoms with Crippen molar-refractivity contribution < 1.29 is 8.76 Å². The van der Waals surface area contributed by atoms with Crippen LogP contribution in [-0.4, -0.2) is 25.1 Å². The third-order valence-corrected chi connectivity index (χ3v) is 0.516. The zero-order valence-electron chi connectivity index (χ0n) is 6.81. The van der Waals surface area contributed by atoms with E-state index in [-0.39, 0.29) is 0 Å². The number of nitrogens with one attached hydrogen (secondary N) is 1. The Hall–Kier alpha value is -0.0500. The normalized spacial score (nSPS) is 9.90. The lowest BCUT2D eigenvalue weighted by Gasteiger charge is -2.14. The molecule has 0 aromatic heterocycles. The molecule has 0 fully saturated rings. The molecule has 10 heavy (non-hydrogen) atoms. The van der Waals surface area contributed by atoms with Crippen LogP contribution in [0.4, 0.5) is 4.20 Å². The Morgan fingerprint density at radius 1 is 1.50 bits per heavy atom. The van der Waals surface area contributed by atoms with Crippen LogP contribution in [0.2, 0.25) is 0 Å². The summed E-state index contributed by atoms with van der Waals surface area (Å²) in [5.74, 6) is 0. The topological polar surface area (TPSA) is 32.3 Å². The Bertz CT molecular complexity index is 74.0. The summed E-state index contributed by atoms with van der Waals surface area (Å²) in [4.78, 5) is 0. The van der Waals surface area contributed by atoms with Gasteiger partial charge in [-0.2, -0.15) is 0 Å². The first-order chi connectivity index (χ1) is 4.54. The molecule has 0 spiro atoms. The first-order valence-corrected chi connectivity index (χ1v) is 3.74. The number of hydrogen-bond donors (Lipinski definition) is 1. The van der Waals surface area contributed by atoms with Gasteiger partial charge in [-0.25, -0.2) is 0 Å². The highest BCUT2D eigenvalue weighted by molar-refractivity contribution is 7.16. The van der Waals surface area contributed by atoms with Gasteiger partial charge < -0.3 is 0 Å². The largest absolute Gasteiger partial charge is 0.545 e. The number of hydrogen-bond acceptors (Lipinski definition) is 3. The average Bonchev–Trinajstić information content (AvgIpc) is 1.62. The predicted octanol–water partition coefficient (Wildman–Crippen LogP) is 1.36. The fourth-order valence-corrected chi connectivity index (χ4v) is 0.516. The molecule has 0 amide bonds. The van der Waals surface area contributed by atoms with Gasteiger partial charge in [-0.05, 0) is 18.4 Å². The van der Waals surface area contributed by atoms with E-state index in [0.29, 0.717) is 6.04 Å². The SMILES string of the molecule is CC(C)NN(C)C.O=[PH+]F. The van der Waals surface area contributed by atoms with Gasteiger partial charge in [0, 0.05) is 20.1 Å². The van der Waals surface area contributed by atoms with E-state index >= 15 is 0 Å². The summed E-state index contributed by atoms with van der Waals surface area (Å²) in [6.07, 6.45) is 0. The highest BCUT2D eigenvalue weighted by atomic mass is 31.1. The standard InChI is InChI=1S/C5H14N2.FHOP/c1-5(2)6-7(3)4;1-3-2/h5-6H,1-4H3;3H/q;+1. The lowest BCUT2D eigenvalue weighted by atomic mass is 10.4. The summed E-state index contributed by atoms with van der Waals surface area (Å²) in [6, 6.07) is 0.551. The van der Waals surface area contributed by atoms with E-state index in [4.69, 9.17) is 4.57 Å². The molecule has 0 bridgehead atoms. The number of hydrazine groups is 1. The van der Waals surface area contributed by atoms with Gasteiger partial charge in [0.25, 0.3) is 0 Å². The summed E-state index contributed by atoms with van der Waals surface area (Å²) in [6.45, 7) is 4.22. The van der Waals surface area contributed by atoms with Crippen LogP contribution < -0.4 is 5.43 Å². The predicted molar refractivity (Wildman–Crippen MR) is 42.1 cm³/mol. The van der Waals surface area contributed by atoms with Crippen molar-refractivity contribution in [2.45, 2.75) is 19.9 Å². The molecule has 0 saturated heterocycles. The third-order valence-electron chi connectivity index (χ3n) is 0.516. The minimum absolute atomic E-state index is 0.551. The molecule has 62 valence electrons. The van der Waals surface area contributed by atoms with Crippen molar-refractivity contribution >= 4 is 8.77 Å². The Balaban J connectivity index is 0. The molecule has 0 aliphatic carbocycles. The molecular formula is C5H15FN2OP+. The molecule has 0 saturated carbocycles. The second-order valence-electron chi connectivity index (χ2n) is 2.26. The van der Waals surface area contributed by atoms with Gasteiger partial charge in [-0.15, -0.1) is 0 Å². The fourth-order valence-electron chi connectivity index (χ4n) is 0.516. The summed E-state index contributed by atoms with van der Waals surface area (Å²) in [5.41, 5.74) is 3.14. The number of rotatable bonds is 2. The van der Waals surface area contributed by atoms with E-state index in [9.17, 15) is 4.20 Å². The van der Waals surface area contributed by atoms with Crippen LogP contribution in [-0.2, 0) is 4.57 Å². The second kappa shape index (κ2) is 8.95. The summed E-state index contributed by atoms with van der Waals surface area (Å²) in [7, 11) is 2.31. The van der Waals surface area contributed by atoms with Crippen LogP contribution in [0.25, 0.3) is 0 Å². The molecule has 1 unspecified atom stereocenters. The van der Waals surface area contributed by atoms with Gasteiger partial charge in [0.1, 0.15) is 0 Å². The van der Waals surface area contributed by atoms with Crippen molar-refractivity contribution in [2.75, 3.05) is 14.1 Å². The van der Waals surface area contributed by atoms with E-state index < -0.39 is 8.77 Å². The second-order valence-corrected chi connectivity index (χ2v) is 2.41. The molecule has 0 aromatic carbocycles. The molecule has 3 nitrogen and oxygen atoms in total. The summed E-state index contributed by atoms with van der Waals surface area (Å²) < 4.78 is 18.1. The summed E-state index contributed by atoms with van der Waals surface area (Å²) in [5, 5.41) is 1.95. The number of halogens is 1.